The van der Waals surface area contributed by atoms with Crippen LogP contribution in [-0.2, 0) is 24.3 Å². The number of nitrogens with zero attached hydrogens (tertiary/aromatic N) is 2. The van der Waals surface area contributed by atoms with E-state index in [1.807, 2.05) is 61.5 Å². The molecule has 2 N–H and O–H groups in total. The van der Waals surface area contributed by atoms with Gasteiger partial charge in [0.2, 0.25) is 0 Å². The van der Waals surface area contributed by atoms with E-state index < -0.39 is 11.9 Å². The number of urea groups is 1. The average molecular weight is 444 g/mol. The maximum absolute atomic E-state index is 13.4. The average Bonchev–Trinajstić information content (AvgIpc) is 3.05. The molecule has 1 fully saturated rings. The van der Waals surface area contributed by atoms with Crippen molar-refractivity contribution in [1.82, 2.24) is 15.3 Å². The van der Waals surface area contributed by atoms with Gasteiger partial charge in [-0.15, -0.1) is 0 Å². The van der Waals surface area contributed by atoms with Gasteiger partial charge in [-0.25, -0.2) is 10.3 Å². The Bertz CT molecular complexity index is 1140. The summed E-state index contributed by atoms with van der Waals surface area (Å²) in [5.74, 6) is -0.866. The predicted molar refractivity (Wildman–Crippen MR) is 122 cm³/mol. The van der Waals surface area contributed by atoms with Crippen LogP contribution in [0.1, 0.15) is 32.6 Å². The van der Waals surface area contributed by atoms with Crippen molar-refractivity contribution in [3.63, 3.8) is 0 Å². The van der Waals surface area contributed by atoms with E-state index in [9.17, 15) is 14.4 Å². The van der Waals surface area contributed by atoms with Gasteiger partial charge in [0.1, 0.15) is 6.04 Å². The third-order valence-electron chi connectivity index (χ3n) is 5.81. The van der Waals surface area contributed by atoms with Crippen molar-refractivity contribution < 1.29 is 19.6 Å². The van der Waals surface area contributed by atoms with Crippen LogP contribution in [0.3, 0.4) is 0 Å². The van der Waals surface area contributed by atoms with Crippen LogP contribution in [0.5, 0.6) is 0 Å². The van der Waals surface area contributed by atoms with Gasteiger partial charge in [0.25, 0.3) is 11.8 Å². The lowest BCUT2D eigenvalue weighted by atomic mass is 10.0. The van der Waals surface area contributed by atoms with Gasteiger partial charge in [-0.1, -0.05) is 72.3 Å². The topological polar surface area (TPSA) is 90.0 Å². The molecule has 7 nitrogen and oxygen atoms in total. The fourth-order valence-electron chi connectivity index (χ4n) is 3.95. The summed E-state index contributed by atoms with van der Waals surface area (Å²) in [6.45, 7) is 2.45. The second-order valence-electron chi connectivity index (χ2n) is 8.16. The first-order valence-electron chi connectivity index (χ1n) is 10.7. The normalized spacial score (nSPS) is 15.8. The molecule has 0 aromatic heterocycles. The largest absolute Gasteiger partial charge is 0.328 e. The number of aryl methyl sites for hydroxylation is 1. The summed E-state index contributed by atoms with van der Waals surface area (Å²) in [6, 6.07) is 23.1. The molecular weight excluding hydrogens is 418 g/mol. The number of amides is 4. The lowest BCUT2D eigenvalue weighted by Gasteiger charge is -2.22. The molecule has 33 heavy (non-hydrogen) atoms. The third-order valence-corrected chi connectivity index (χ3v) is 5.81. The van der Waals surface area contributed by atoms with Crippen molar-refractivity contribution in [2.75, 3.05) is 0 Å². The minimum Gasteiger partial charge on any atom is -0.308 e. The van der Waals surface area contributed by atoms with Crippen molar-refractivity contribution in [2.24, 2.45) is 0 Å². The standard InChI is InChI=1S/C26H25N3O4/c1-18-7-9-20(10-8-18)16-28-23(15-19-5-3-2-4-6-19)25(31)29(26(28)32)17-21-11-13-22(14-12-21)24(30)27-33/h2-14,23,33H,15-17H2,1H3,(H,27,30). The highest BCUT2D eigenvalue weighted by atomic mass is 16.5. The van der Waals surface area contributed by atoms with Gasteiger partial charge < -0.3 is 4.90 Å². The van der Waals surface area contributed by atoms with Crippen molar-refractivity contribution in [1.29, 1.82) is 0 Å². The molecule has 7 heteroatoms. The maximum atomic E-state index is 13.4. The number of carbonyl (C=O) groups is 3. The number of rotatable bonds is 7. The summed E-state index contributed by atoms with van der Waals surface area (Å²) in [5.41, 5.74) is 5.65. The highest BCUT2D eigenvalue weighted by Crippen LogP contribution is 2.25. The van der Waals surface area contributed by atoms with Crippen molar-refractivity contribution in [3.8, 4) is 0 Å². The van der Waals surface area contributed by atoms with Gasteiger partial charge in [0.15, 0.2) is 0 Å². The number of hydrogen-bond acceptors (Lipinski definition) is 4. The molecule has 0 aliphatic carbocycles. The summed E-state index contributed by atoms with van der Waals surface area (Å²) >= 11 is 0. The number of benzene rings is 3. The van der Waals surface area contributed by atoms with E-state index in [1.165, 1.54) is 17.0 Å². The molecule has 4 amide bonds. The fourth-order valence-corrected chi connectivity index (χ4v) is 3.95. The van der Waals surface area contributed by atoms with Gasteiger partial charge in [0.05, 0.1) is 6.54 Å². The molecule has 0 bridgehead atoms. The molecule has 3 aromatic rings. The molecule has 0 saturated carbocycles. The Morgan fingerprint density at radius 2 is 1.45 bits per heavy atom. The van der Waals surface area contributed by atoms with Gasteiger partial charge >= 0.3 is 6.03 Å². The summed E-state index contributed by atoms with van der Waals surface area (Å²) < 4.78 is 0. The first kappa shape index (κ1) is 22.2. The molecule has 168 valence electrons. The van der Waals surface area contributed by atoms with E-state index >= 15 is 0 Å². The first-order valence-corrected chi connectivity index (χ1v) is 10.7. The van der Waals surface area contributed by atoms with Gasteiger partial charge in [-0.3, -0.25) is 19.7 Å². The second kappa shape index (κ2) is 9.67. The van der Waals surface area contributed by atoms with E-state index in [2.05, 4.69) is 0 Å². The molecule has 0 spiro atoms. The zero-order chi connectivity index (χ0) is 23.4. The summed E-state index contributed by atoms with van der Waals surface area (Å²) in [4.78, 5) is 41.2. The van der Waals surface area contributed by atoms with Gasteiger partial charge in [0, 0.05) is 18.5 Å². The monoisotopic (exact) mass is 443 g/mol. The second-order valence-corrected chi connectivity index (χ2v) is 8.16. The lowest BCUT2D eigenvalue weighted by molar-refractivity contribution is -0.128. The van der Waals surface area contributed by atoms with Crippen LogP contribution in [0.25, 0.3) is 0 Å². The van der Waals surface area contributed by atoms with Crippen LogP contribution in [-0.4, -0.2) is 38.9 Å². The quantitative estimate of drug-likeness (QED) is 0.331. The Labute approximate surface area is 192 Å². The van der Waals surface area contributed by atoms with E-state index in [4.69, 9.17) is 5.21 Å². The highest BCUT2D eigenvalue weighted by molar-refractivity contribution is 6.04. The van der Waals surface area contributed by atoms with Crippen molar-refractivity contribution in [2.45, 2.75) is 32.5 Å². The SMILES string of the molecule is Cc1ccc(CN2C(=O)N(Cc3ccc(C(=O)NO)cc3)C(=O)C2Cc2ccccc2)cc1. The van der Waals surface area contributed by atoms with Crippen LogP contribution in [0, 0.1) is 6.92 Å². The van der Waals surface area contributed by atoms with Crippen molar-refractivity contribution >= 4 is 17.8 Å². The number of carbonyl (C=O) groups excluding carboxylic acids is 3. The maximum Gasteiger partial charge on any atom is 0.328 e. The van der Waals surface area contributed by atoms with Crippen LogP contribution in [0.4, 0.5) is 4.79 Å². The molecule has 3 aromatic carbocycles. The highest BCUT2D eigenvalue weighted by Gasteiger charge is 2.44. The minimum absolute atomic E-state index is 0.106. The Balaban J connectivity index is 1.58. The Morgan fingerprint density at radius 1 is 0.848 bits per heavy atom. The number of nitrogens with one attached hydrogen (secondary N) is 1. The molecule has 1 aliphatic heterocycles. The summed E-state index contributed by atoms with van der Waals surface area (Å²) in [7, 11) is 0. The zero-order valence-electron chi connectivity index (χ0n) is 18.3. The Morgan fingerprint density at radius 3 is 2.09 bits per heavy atom. The van der Waals surface area contributed by atoms with E-state index in [0.717, 1.165) is 16.7 Å². The van der Waals surface area contributed by atoms with Crippen molar-refractivity contribution in [3.05, 3.63) is 107 Å². The zero-order valence-corrected chi connectivity index (χ0v) is 18.3. The molecule has 0 radical (unpaired) electrons. The molecule has 1 saturated heterocycles. The number of imide groups is 1. The van der Waals surface area contributed by atoms with Gasteiger partial charge in [-0.05, 0) is 35.7 Å². The molecule has 1 aliphatic rings. The van der Waals surface area contributed by atoms with Crippen LogP contribution >= 0.6 is 0 Å². The first-order chi connectivity index (χ1) is 16.0. The number of hydroxylamine groups is 1. The summed E-state index contributed by atoms with van der Waals surface area (Å²) in [5, 5.41) is 8.77. The predicted octanol–water partition coefficient (Wildman–Crippen LogP) is 3.69. The molecule has 4 rings (SSSR count). The van der Waals surface area contributed by atoms with Crippen LogP contribution in [0.2, 0.25) is 0 Å². The smallest absolute Gasteiger partial charge is 0.308 e. The molecule has 1 unspecified atom stereocenters. The lowest BCUT2D eigenvalue weighted by Crippen LogP contribution is -2.36. The molecule has 1 heterocycles. The van der Waals surface area contributed by atoms with Crippen LogP contribution in [0.15, 0.2) is 78.9 Å². The minimum atomic E-state index is -0.623. The van der Waals surface area contributed by atoms with E-state index in [0.29, 0.717) is 18.5 Å². The van der Waals surface area contributed by atoms with Crippen LogP contribution < -0.4 is 5.48 Å². The Kier molecular flexibility index (Phi) is 6.51. The van der Waals surface area contributed by atoms with E-state index in [1.54, 1.807) is 22.5 Å². The van der Waals surface area contributed by atoms with Gasteiger partial charge in [-0.2, -0.15) is 0 Å². The third kappa shape index (κ3) is 4.94. The van der Waals surface area contributed by atoms with E-state index in [-0.39, 0.29) is 24.0 Å². The molecular formula is C26H25N3O4. The molecule has 1 atom stereocenters. The Hall–Kier alpha value is -3.97. The fraction of sp³-hybridized carbons (Fsp3) is 0.192. The summed E-state index contributed by atoms with van der Waals surface area (Å²) in [6.07, 6.45) is 0.434. The number of hydrogen-bond donors (Lipinski definition) is 2.